The van der Waals surface area contributed by atoms with Gasteiger partial charge in [-0.15, -0.1) is 0 Å². The molecule has 0 spiro atoms. The van der Waals surface area contributed by atoms with Crippen LogP contribution >= 0.6 is 0 Å². The number of nitrogens with zero attached hydrogens (tertiary/aromatic N) is 12. The van der Waals surface area contributed by atoms with E-state index in [4.69, 9.17) is 39.2 Å². The zero-order valence-corrected chi connectivity index (χ0v) is 42.3. The minimum Gasteiger partial charge on any atom is -0.473 e. The van der Waals surface area contributed by atoms with E-state index in [0.717, 1.165) is 174 Å². The Morgan fingerprint density at radius 2 is 0.905 bits per heavy atom. The van der Waals surface area contributed by atoms with Crippen molar-refractivity contribution in [3.05, 3.63) is 118 Å². The van der Waals surface area contributed by atoms with Crippen LogP contribution in [0.15, 0.2) is 94.8 Å². The van der Waals surface area contributed by atoms with Crippen LogP contribution in [0.4, 0.5) is 0 Å². The number of carboxylic acid groups (broad SMARTS) is 2. The molecule has 74 heavy (non-hydrogen) atoms. The van der Waals surface area contributed by atoms with Gasteiger partial charge in [0.2, 0.25) is 0 Å². The molecule has 6 aromatic heterocycles. The Labute approximate surface area is 427 Å². The number of carboxylic acids is 2. The number of H-pyrrole nitrogens is 2. The molecule has 394 valence electrons. The van der Waals surface area contributed by atoms with Crippen molar-refractivity contribution in [1.82, 2.24) is 67.8 Å². The fourth-order valence-electron chi connectivity index (χ4n) is 9.63. The molecule has 0 bridgehead atoms. The van der Waals surface area contributed by atoms with Crippen molar-refractivity contribution < 1.29 is 29.3 Å². The Kier molecular flexibility index (Phi) is 18.9. The topological polar surface area (TPSA) is 243 Å². The van der Waals surface area contributed by atoms with E-state index in [1.165, 1.54) is 0 Å². The minimum atomic E-state index is -1.82. The van der Waals surface area contributed by atoms with Gasteiger partial charge in [0, 0.05) is 104 Å². The van der Waals surface area contributed by atoms with E-state index in [1.807, 2.05) is 108 Å². The zero-order chi connectivity index (χ0) is 51.8. The smallest absolute Gasteiger partial charge is 0.414 e. The van der Waals surface area contributed by atoms with Crippen molar-refractivity contribution in [1.29, 1.82) is 0 Å². The van der Waals surface area contributed by atoms with Crippen LogP contribution in [0.5, 0.6) is 0 Å². The van der Waals surface area contributed by atoms with E-state index in [9.17, 15) is 9.59 Å². The van der Waals surface area contributed by atoms with Crippen LogP contribution in [0.25, 0.3) is 44.4 Å². The number of nitrogens with one attached hydrogen (secondary N) is 2. The van der Waals surface area contributed by atoms with E-state index < -0.39 is 11.9 Å². The number of aryl methyl sites for hydroxylation is 2. The molecule has 2 fully saturated rings. The van der Waals surface area contributed by atoms with Crippen LogP contribution < -0.4 is 11.4 Å². The summed E-state index contributed by atoms with van der Waals surface area (Å²) in [6.45, 7) is 21.6. The van der Waals surface area contributed by atoms with Gasteiger partial charge in [0.1, 0.15) is 22.7 Å². The summed E-state index contributed by atoms with van der Waals surface area (Å²) in [6.07, 6.45) is 5.57. The molecule has 8 heterocycles. The van der Waals surface area contributed by atoms with Crippen LogP contribution in [0, 0.1) is 0 Å². The van der Waals surface area contributed by atoms with Gasteiger partial charge in [-0.2, -0.15) is 0 Å². The summed E-state index contributed by atoms with van der Waals surface area (Å²) in [5.74, 6) is -1.54. The first-order valence-electron chi connectivity index (χ1n) is 25.6. The predicted octanol–water partition coefficient (Wildman–Crippen LogP) is 3.79. The average molecular weight is 1020 g/mol. The van der Waals surface area contributed by atoms with Gasteiger partial charge in [0.15, 0.2) is 11.3 Å². The molecular formula is C52H68N14O8. The summed E-state index contributed by atoms with van der Waals surface area (Å²) in [4.78, 5) is 77.4. The number of piperazine rings is 2. The van der Waals surface area contributed by atoms with Crippen LogP contribution in [0.2, 0.25) is 0 Å². The molecule has 10 rings (SSSR count). The zero-order valence-electron chi connectivity index (χ0n) is 42.3. The van der Waals surface area contributed by atoms with E-state index in [1.54, 1.807) is 0 Å². The number of para-hydroxylation sites is 4. The lowest BCUT2D eigenvalue weighted by Gasteiger charge is -2.34. The first-order valence-corrected chi connectivity index (χ1v) is 25.6. The minimum absolute atomic E-state index is 0.0206. The quantitative estimate of drug-likeness (QED) is 0.0627. The lowest BCUT2D eigenvalue weighted by molar-refractivity contribution is -0.159. The van der Waals surface area contributed by atoms with Crippen LogP contribution in [0.3, 0.4) is 0 Å². The molecule has 0 saturated carbocycles. The van der Waals surface area contributed by atoms with Gasteiger partial charge in [0.05, 0.1) is 48.4 Å². The SMILES string of the molecule is CCOCCn1c(CN2CCN(CCCn3c(=O)[nH]c4ccccc43)CC2)nc2cccnc21.CCOCCn1c(CN2CCN(CCCn3c(=O)[nH]c4ccccc43)CC2)nc2cccnc21.O=C(O)C(=O)O. The molecule has 0 unspecified atom stereocenters. The van der Waals surface area contributed by atoms with Crippen molar-refractivity contribution in [2.24, 2.45) is 0 Å². The molecule has 0 amide bonds. The summed E-state index contributed by atoms with van der Waals surface area (Å²) in [7, 11) is 0. The Hall–Kier alpha value is -7.08. The number of benzene rings is 2. The van der Waals surface area contributed by atoms with Gasteiger partial charge >= 0.3 is 23.3 Å². The number of rotatable bonds is 20. The highest BCUT2D eigenvalue weighted by atomic mass is 16.5. The van der Waals surface area contributed by atoms with Gasteiger partial charge in [-0.1, -0.05) is 24.3 Å². The van der Waals surface area contributed by atoms with E-state index in [-0.39, 0.29) is 11.4 Å². The molecule has 2 aliphatic heterocycles. The van der Waals surface area contributed by atoms with E-state index >= 15 is 0 Å². The number of imidazole rings is 4. The molecule has 2 aliphatic rings. The summed E-state index contributed by atoms with van der Waals surface area (Å²) < 4.78 is 19.3. The fourth-order valence-corrected chi connectivity index (χ4v) is 9.63. The first kappa shape index (κ1) is 53.2. The van der Waals surface area contributed by atoms with Crippen molar-refractivity contribution in [2.45, 2.75) is 66.0 Å². The number of fused-ring (bicyclic) bond motifs is 4. The number of aromatic nitrogens is 10. The van der Waals surface area contributed by atoms with Crippen molar-refractivity contribution in [3.8, 4) is 0 Å². The number of ether oxygens (including phenoxy) is 2. The summed E-state index contributed by atoms with van der Waals surface area (Å²) in [6, 6.07) is 23.7. The molecule has 2 aromatic carbocycles. The monoisotopic (exact) mass is 1020 g/mol. The highest BCUT2D eigenvalue weighted by molar-refractivity contribution is 6.27. The van der Waals surface area contributed by atoms with Crippen molar-refractivity contribution >= 4 is 56.3 Å². The third kappa shape index (κ3) is 13.7. The maximum Gasteiger partial charge on any atom is 0.414 e. The third-order valence-electron chi connectivity index (χ3n) is 13.4. The van der Waals surface area contributed by atoms with E-state index in [0.29, 0.717) is 26.4 Å². The Morgan fingerprint density at radius 1 is 0.514 bits per heavy atom. The molecule has 22 heteroatoms. The van der Waals surface area contributed by atoms with Gasteiger partial charge in [0.25, 0.3) is 0 Å². The Balaban J connectivity index is 0.000000178. The number of carbonyl (C=O) groups is 2. The lowest BCUT2D eigenvalue weighted by atomic mass is 10.2. The Morgan fingerprint density at radius 3 is 1.30 bits per heavy atom. The van der Waals surface area contributed by atoms with Gasteiger partial charge < -0.3 is 48.6 Å². The Bertz CT molecular complexity index is 2980. The third-order valence-corrected chi connectivity index (χ3v) is 13.4. The molecule has 0 radical (unpaired) electrons. The van der Waals surface area contributed by atoms with Crippen molar-refractivity contribution in [3.63, 3.8) is 0 Å². The summed E-state index contributed by atoms with van der Waals surface area (Å²) in [5.41, 5.74) is 7.50. The highest BCUT2D eigenvalue weighted by Gasteiger charge is 2.22. The number of hydrogen-bond donors (Lipinski definition) is 4. The molecule has 8 aromatic rings. The number of pyridine rings is 2. The summed E-state index contributed by atoms with van der Waals surface area (Å²) in [5, 5.41) is 14.8. The molecular weight excluding hydrogens is 949 g/mol. The number of aromatic amines is 2. The maximum absolute atomic E-state index is 12.3. The number of hydrogen-bond acceptors (Lipinski definition) is 14. The van der Waals surface area contributed by atoms with Gasteiger partial charge in [-0.05, 0) is 88.3 Å². The second-order valence-corrected chi connectivity index (χ2v) is 18.2. The maximum atomic E-state index is 12.3. The second-order valence-electron chi connectivity index (χ2n) is 18.2. The van der Waals surface area contributed by atoms with Crippen LogP contribution in [0.1, 0.15) is 38.3 Å². The number of aliphatic carboxylic acids is 2. The average Bonchev–Trinajstić information content (AvgIpc) is 4.14. The first-order chi connectivity index (χ1) is 36.1. The molecule has 0 atom stereocenters. The predicted molar refractivity (Wildman–Crippen MR) is 281 cm³/mol. The van der Waals surface area contributed by atoms with Gasteiger partial charge in [-0.25, -0.2) is 39.1 Å². The molecule has 22 nitrogen and oxygen atoms in total. The highest BCUT2D eigenvalue weighted by Crippen LogP contribution is 2.19. The largest absolute Gasteiger partial charge is 0.473 e. The normalized spacial score (nSPS) is 14.9. The van der Waals surface area contributed by atoms with E-state index in [2.05, 4.69) is 48.7 Å². The molecule has 4 N–H and O–H groups in total. The van der Waals surface area contributed by atoms with Crippen LogP contribution in [-0.4, -0.2) is 182 Å². The second kappa shape index (κ2) is 26.2. The molecule has 2 saturated heterocycles. The summed E-state index contributed by atoms with van der Waals surface area (Å²) >= 11 is 0. The lowest BCUT2D eigenvalue weighted by Crippen LogP contribution is -2.46. The fraction of sp³-hybridized carbons (Fsp3) is 0.462. The standard InChI is InChI=1S/2C25H33N7O2.C2H2O4/c2*1-2-34-18-17-32-23(27-21-8-5-10-26-24(21)32)19-30-15-13-29(14-16-30)11-6-12-31-22-9-4-3-7-20(22)28-25(31)33;3-1(4)2(5)6/h2*3-5,7-10H,2,6,11-19H2,1H3,(H,28,33);(H,3,4)(H,5,6). The van der Waals surface area contributed by atoms with Gasteiger partial charge in [-0.3, -0.25) is 18.9 Å². The van der Waals surface area contributed by atoms with Crippen LogP contribution in [-0.2, 0) is 58.3 Å². The van der Waals surface area contributed by atoms with Crippen molar-refractivity contribution in [2.75, 3.05) is 91.9 Å². The molecule has 0 aliphatic carbocycles.